The van der Waals surface area contributed by atoms with E-state index in [0.29, 0.717) is 19.6 Å². The fraction of sp³-hybridized carbons (Fsp3) is 0.333. The van der Waals surface area contributed by atoms with E-state index in [9.17, 15) is 9.59 Å². The lowest BCUT2D eigenvalue weighted by molar-refractivity contribution is 0.156. The van der Waals surface area contributed by atoms with Gasteiger partial charge < -0.3 is 10.6 Å². The second-order valence-electron chi connectivity index (χ2n) is 4.02. The van der Waals surface area contributed by atoms with Crippen LogP contribution in [0.2, 0.25) is 0 Å². The van der Waals surface area contributed by atoms with Gasteiger partial charge in [-0.1, -0.05) is 30.3 Å². The average molecular weight is 248 g/mol. The van der Waals surface area contributed by atoms with Crippen LogP contribution in [-0.4, -0.2) is 30.2 Å². The molecule has 6 heteroatoms. The lowest BCUT2D eigenvalue weighted by Crippen LogP contribution is -2.56. The van der Waals surface area contributed by atoms with Crippen LogP contribution >= 0.6 is 0 Å². The summed E-state index contributed by atoms with van der Waals surface area (Å²) in [6.45, 7) is 1.62. The van der Waals surface area contributed by atoms with Gasteiger partial charge in [0.25, 0.3) is 0 Å². The van der Waals surface area contributed by atoms with Gasteiger partial charge in [-0.25, -0.2) is 20.0 Å². The van der Waals surface area contributed by atoms with Crippen molar-refractivity contribution in [2.75, 3.05) is 13.1 Å². The summed E-state index contributed by atoms with van der Waals surface area (Å²) >= 11 is 0. The first-order chi connectivity index (χ1) is 8.75. The quantitative estimate of drug-likeness (QED) is 0.740. The highest BCUT2D eigenvalue weighted by atomic mass is 16.2. The van der Waals surface area contributed by atoms with Gasteiger partial charge in [-0.2, -0.15) is 0 Å². The molecule has 0 bridgehead atoms. The van der Waals surface area contributed by atoms with Crippen LogP contribution < -0.4 is 16.1 Å². The first-order valence-electron chi connectivity index (χ1n) is 5.89. The Balaban J connectivity index is 1.76. The molecule has 0 radical (unpaired) electrons. The maximum Gasteiger partial charge on any atom is 0.336 e. The first-order valence-corrected chi connectivity index (χ1v) is 5.89. The highest BCUT2D eigenvalue weighted by molar-refractivity contribution is 5.80. The minimum Gasteiger partial charge on any atom is -0.336 e. The molecule has 1 heterocycles. The number of hydrazine groups is 1. The molecule has 6 nitrogen and oxygen atoms in total. The van der Waals surface area contributed by atoms with E-state index in [0.717, 1.165) is 12.0 Å². The molecule has 3 N–H and O–H groups in total. The van der Waals surface area contributed by atoms with Crippen molar-refractivity contribution < 1.29 is 9.59 Å². The van der Waals surface area contributed by atoms with Gasteiger partial charge in [0.1, 0.15) is 0 Å². The van der Waals surface area contributed by atoms with Gasteiger partial charge in [0.2, 0.25) is 0 Å². The molecule has 96 valence electrons. The van der Waals surface area contributed by atoms with Crippen LogP contribution in [0.1, 0.15) is 12.0 Å². The molecule has 0 atom stereocenters. The summed E-state index contributed by atoms with van der Waals surface area (Å²) in [5.41, 5.74) is 3.52. The SMILES string of the molecule is O=C(NCc1ccccc1)NN1CCCNC1=O. The number of nitrogens with one attached hydrogen (secondary N) is 3. The Kier molecular flexibility index (Phi) is 4.01. The first kappa shape index (κ1) is 12.2. The standard InChI is InChI=1S/C12H16N4O2/c17-11(14-9-10-5-2-1-3-6-10)15-16-8-4-7-13-12(16)18/h1-3,5-6H,4,7-9H2,(H,13,18)(H2,14,15,17). The van der Waals surface area contributed by atoms with E-state index in [2.05, 4.69) is 16.1 Å². The van der Waals surface area contributed by atoms with E-state index < -0.39 is 0 Å². The van der Waals surface area contributed by atoms with E-state index in [4.69, 9.17) is 0 Å². The molecule has 4 amide bonds. The average Bonchev–Trinajstić information content (AvgIpc) is 2.40. The maximum atomic E-state index is 11.6. The highest BCUT2D eigenvalue weighted by Crippen LogP contribution is 1.98. The van der Waals surface area contributed by atoms with E-state index in [1.807, 2.05) is 30.3 Å². The Hall–Kier alpha value is -2.24. The molecule has 2 rings (SSSR count). The van der Waals surface area contributed by atoms with E-state index in [1.165, 1.54) is 5.01 Å². The molecule has 1 saturated heterocycles. The van der Waals surface area contributed by atoms with E-state index >= 15 is 0 Å². The van der Waals surface area contributed by atoms with Crippen molar-refractivity contribution in [1.29, 1.82) is 0 Å². The fourth-order valence-electron chi connectivity index (χ4n) is 1.68. The Morgan fingerprint density at radius 3 is 2.83 bits per heavy atom. The third-order valence-corrected chi connectivity index (χ3v) is 2.61. The molecule has 18 heavy (non-hydrogen) atoms. The molecule has 1 aliphatic heterocycles. The number of rotatable bonds is 3. The topological polar surface area (TPSA) is 73.5 Å². The molecule has 1 aromatic rings. The number of hydrogen-bond donors (Lipinski definition) is 3. The van der Waals surface area contributed by atoms with Gasteiger partial charge in [0.15, 0.2) is 0 Å². The van der Waals surface area contributed by atoms with Crippen molar-refractivity contribution in [3.63, 3.8) is 0 Å². The Morgan fingerprint density at radius 2 is 2.11 bits per heavy atom. The van der Waals surface area contributed by atoms with Crippen molar-refractivity contribution in [3.05, 3.63) is 35.9 Å². The molecular formula is C12H16N4O2. The van der Waals surface area contributed by atoms with Crippen LogP contribution in [0, 0.1) is 0 Å². The zero-order valence-electron chi connectivity index (χ0n) is 9.98. The van der Waals surface area contributed by atoms with Crippen LogP contribution in [0.3, 0.4) is 0 Å². The van der Waals surface area contributed by atoms with Gasteiger partial charge >= 0.3 is 12.1 Å². The van der Waals surface area contributed by atoms with Crippen molar-refractivity contribution in [2.45, 2.75) is 13.0 Å². The molecular weight excluding hydrogens is 232 g/mol. The predicted octanol–water partition coefficient (Wildman–Crippen LogP) is 0.816. The lowest BCUT2D eigenvalue weighted by Gasteiger charge is -2.27. The zero-order chi connectivity index (χ0) is 12.8. The second kappa shape index (κ2) is 5.90. The summed E-state index contributed by atoms with van der Waals surface area (Å²) in [7, 11) is 0. The minimum absolute atomic E-state index is 0.267. The van der Waals surface area contributed by atoms with Gasteiger partial charge in [-0.05, 0) is 12.0 Å². The second-order valence-corrected chi connectivity index (χ2v) is 4.02. The van der Waals surface area contributed by atoms with Crippen LogP contribution in [0.25, 0.3) is 0 Å². The summed E-state index contributed by atoms with van der Waals surface area (Å²) in [6, 6.07) is 8.94. The minimum atomic E-state index is -0.379. The maximum absolute atomic E-state index is 11.6. The smallest absolute Gasteiger partial charge is 0.336 e. The number of carbonyl (C=O) groups excluding carboxylic acids is 2. The number of benzene rings is 1. The fourth-order valence-corrected chi connectivity index (χ4v) is 1.68. The molecule has 0 aliphatic carbocycles. The van der Waals surface area contributed by atoms with Gasteiger partial charge in [-0.15, -0.1) is 0 Å². The van der Waals surface area contributed by atoms with E-state index in [-0.39, 0.29) is 12.1 Å². The number of amides is 4. The van der Waals surface area contributed by atoms with E-state index in [1.54, 1.807) is 0 Å². The van der Waals surface area contributed by atoms with Crippen LogP contribution in [0.15, 0.2) is 30.3 Å². The third-order valence-electron chi connectivity index (χ3n) is 2.61. The van der Waals surface area contributed by atoms with Crippen molar-refractivity contribution in [2.24, 2.45) is 0 Å². The Bertz CT molecular complexity index is 421. The van der Waals surface area contributed by atoms with Gasteiger partial charge in [0.05, 0.1) is 0 Å². The molecule has 1 fully saturated rings. The number of nitrogens with zero attached hydrogens (tertiary/aromatic N) is 1. The van der Waals surface area contributed by atoms with Crippen molar-refractivity contribution >= 4 is 12.1 Å². The molecule has 0 aromatic heterocycles. The molecule has 1 aliphatic rings. The van der Waals surface area contributed by atoms with Crippen LogP contribution in [0.5, 0.6) is 0 Å². The zero-order valence-corrected chi connectivity index (χ0v) is 9.98. The third kappa shape index (κ3) is 3.38. The normalized spacial score (nSPS) is 14.9. The Morgan fingerprint density at radius 1 is 1.33 bits per heavy atom. The number of carbonyl (C=O) groups is 2. The molecule has 0 unspecified atom stereocenters. The summed E-state index contributed by atoms with van der Waals surface area (Å²) in [5.74, 6) is 0. The summed E-state index contributed by atoms with van der Waals surface area (Å²) in [6.07, 6.45) is 0.824. The predicted molar refractivity (Wildman–Crippen MR) is 66.5 cm³/mol. The van der Waals surface area contributed by atoms with Crippen LogP contribution in [0.4, 0.5) is 9.59 Å². The molecule has 0 spiro atoms. The van der Waals surface area contributed by atoms with Crippen molar-refractivity contribution in [3.8, 4) is 0 Å². The summed E-state index contributed by atoms with van der Waals surface area (Å²) in [5, 5.41) is 6.63. The lowest BCUT2D eigenvalue weighted by atomic mass is 10.2. The molecule has 0 saturated carbocycles. The summed E-state index contributed by atoms with van der Waals surface area (Å²) in [4.78, 5) is 23.0. The number of urea groups is 2. The monoisotopic (exact) mass is 248 g/mol. The van der Waals surface area contributed by atoms with Gasteiger partial charge in [-0.3, -0.25) is 0 Å². The Labute approximate surface area is 105 Å². The molecule has 1 aromatic carbocycles. The number of hydrogen-bond acceptors (Lipinski definition) is 2. The summed E-state index contributed by atoms with van der Waals surface area (Å²) < 4.78 is 0. The van der Waals surface area contributed by atoms with Crippen molar-refractivity contribution in [1.82, 2.24) is 21.1 Å². The van der Waals surface area contributed by atoms with Crippen LogP contribution in [-0.2, 0) is 6.54 Å². The van der Waals surface area contributed by atoms with Gasteiger partial charge in [0, 0.05) is 19.6 Å². The highest BCUT2D eigenvalue weighted by Gasteiger charge is 2.18. The largest absolute Gasteiger partial charge is 0.336 e.